The maximum atomic E-state index is 11.7. The number of benzene rings is 1. The van der Waals surface area contributed by atoms with Crippen molar-refractivity contribution in [3.8, 4) is 17.2 Å². The smallest absolute Gasteiger partial charge is 0.261 e. The second kappa shape index (κ2) is 13.0. The highest BCUT2D eigenvalue weighted by molar-refractivity contribution is 7.85. The highest BCUT2D eigenvalue weighted by Gasteiger charge is 2.25. The second-order valence-electron chi connectivity index (χ2n) is 6.22. The summed E-state index contributed by atoms with van der Waals surface area (Å²) in [6.07, 6.45) is 2.26. The molecule has 2 aromatic rings. The number of carbonyl (C=O) groups excluding carboxylic acids is 1. The van der Waals surface area contributed by atoms with Gasteiger partial charge in [0.1, 0.15) is 12.3 Å². The molecule has 11 nitrogen and oxygen atoms in total. The Bertz CT molecular complexity index is 929. The minimum Gasteiger partial charge on any atom is -0.494 e. The van der Waals surface area contributed by atoms with Gasteiger partial charge in [-0.2, -0.15) is 8.42 Å². The third-order valence-electron chi connectivity index (χ3n) is 4.03. The van der Waals surface area contributed by atoms with Crippen LogP contribution < -0.4 is 19.5 Å². The number of carbonyl (C=O) groups is 1. The molecule has 2 rings (SSSR count). The molecule has 0 aliphatic rings. The van der Waals surface area contributed by atoms with Gasteiger partial charge >= 0.3 is 0 Å². The van der Waals surface area contributed by atoms with Crippen LogP contribution in [0.2, 0.25) is 0 Å². The summed E-state index contributed by atoms with van der Waals surface area (Å²) in [5, 5.41) is 3.50. The van der Waals surface area contributed by atoms with Crippen molar-refractivity contribution < 1.29 is 41.9 Å². The van der Waals surface area contributed by atoms with Gasteiger partial charge < -0.3 is 34.3 Å². The van der Waals surface area contributed by atoms with E-state index in [2.05, 4.69) is 24.1 Å². The van der Waals surface area contributed by atoms with E-state index in [-0.39, 0.29) is 11.4 Å². The molecule has 178 valence electrons. The van der Waals surface area contributed by atoms with Crippen molar-refractivity contribution in [3.63, 3.8) is 0 Å². The summed E-state index contributed by atoms with van der Waals surface area (Å²) in [7, 11) is -0.586. The first-order chi connectivity index (χ1) is 14.1. The molecule has 1 aromatic heterocycles. The molecule has 31 heavy (non-hydrogen) atoms. The first-order valence-electron chi connectivity index (χ1n) is 9.27. The van der Waals surface area contributed by atoms with Crippen molar-refractivity contribution in [2.75, 3.05) is 52.0 Å². The summed E-state index contributed by atoms with van der Waals surface area (Å²) in [5.41, 5.74) is 0.964. The predicted octanol–water partition coefficient (Wildman–Crippen LogP) is 1.81. The fourth-order valence-electron chi connectivity index (χ4n) is 2.76. The number of hydrogen-bond acceptors (Lipinski definition) is 8. The van der Waals surface area contributed by atoms with Gasteiger partial charge in [0.05, 0.1) is 32.1 Å². The number of ether oxygens (including phenoxy) is 3. The van der Waals surface area contributed by atoms with Crippen LogP contribution in [0.5, 0.6) is 17.2 Å². The predicted molar refractivity (Wildman–Crippen MR) is 118 cm³/mol. The van der Waals surface area contributed by atoms with Gasteiger partial charge in [0.2, 0.25) is 11.7 Å². The zero-order valence-corrected chi connectivity index (χ0v) is 19.5. The molecule has 0 fully saturated rings. The number of likely N-dealkylation sites (N-methyl/N-ethyl adjacent to an activating group) is 1. The molecule has 1 heterocycles. The summed E-state index contributed by atoms with van der Waals surface area (Å²) in [6.45, 7) is 8.72. The van der Waals surface area contributed by atoms with Crippen LogP contribution in [-0.4, -0.2) is 76.0 Å². The quantitative estimate of drug-likeness (QED) is 0.528. The van der Waals surface area contributed by atoms with Crippen molar-refractivity contribution in [1.82, 2.24) is 4.90 Å². The number of anilines is 1. The lowest BCUT2D eigenvalue weighted by atomic mass is 10.1. The maximum absolute atomic E-state index is 11.7. The first-order valence-corrected chi connectivity index (χ1v) is 11.1. The van der Waals surface area contributed by atoms with Gasteiger partial charge in [0.15, 0.2) is 17.1 Å². The molecule has 0 unspecified atom stereocenters. The van der Waals surface area contributed by atoms with Crippen LogP contribution in [0.4, 0.5) is 5.69 Å². The second-order valence-corrected chi connectivity index (χ2v) is 7.69. The van der Waals surface area contributed by atoms with Gasteiger partial charge in [-0.25, -0.2) is 0 Å². The van der Waals surface area contributed by atoms with Crippen LogP contribution in [0.25, 0.3) is 11.0 Å². The Morgan fingerprint density at radius 2 is 1.71 bits per heavy atom. The van der Waals surface area contributed by atoms with E-state index in [1.807, 2.05) is 0 Å². The Balaban J connectivity index is 0.00000135. The highest BCUT2D eigenvalue weighted by Crippen LogP contribution is 2.49. The average Bonchev–Trinajstić information content (AvgIpc) is 3.12. The van der Waals surface area contributed by atoms with E-state index in [9.17, 15) is 13.2 Å². The minimum absolute atomic E-state index is 0. The molecular formula is C19H32N2O9S. The van der Waals surface area contributed by atoms with Gasteiger partial charge in [0.25, 0.3) is 10.1 Å². The minimum atomic E-state index is -3.67. The fourth-order valence-corrected chi connectivity index (χ4v) is 2.76. The SMILES string of the molecule is CCN(CC)CCOc1c(NC(C)=O)c(OC)c2ccoc2c1OC.CS(=O)(=O)O.O. The van der Waals surface area contributed by atoms with Gasteiger partial charge in [-0.05, 0) is 19.2 Å². The standard InChI is InChI=1S/C18H26N2O5.CH4O3S.H2O/c1-6-20(7-2)9-11-25-17-14(19-12(3)21)15(22-4)13-8-10-24-16(13)18(17)23-5;1-5(2,3)4;/h8,10H,6-7,9,11H2,1-5H3,(H,19,21);1H3,(H,2,3,4);1H2. The van der Waals surface area contributed by atoms with Crippen LogP contribution in [0.15, 0.2) is 16.7 Å². The fraction of sp³-hybridized carbons (Fsp3) is 0.526. The van der Waals surface area contributed by atoms with E-state index in [1.165, 1.54) is 6.92 Å². The Morgan fingerprint density at radius 3 is 2.16 bits per heavy atom. The van der Waals surface area contributed by atoms with E-state index < -0.39 is 10.1 Å². The lowest BCUT2D eigenvalue weighted by Gasteiger charge is -2.21. The van der Waals surface area contributed by atoms with Crippen LogP contribution in [0.3, 0.4) is 0 Å². The monoisotopic (exact) mass is 464 g/mol. The Kier molecular flexibility index (Phi) is 11.9. The molecule has 0 radical (unpaired) electrons. The lowest BCUT2D eigenvalue weighted by Crippen LogP contribution is -2.28. The third kappa shape index (κ3) is 8.61. The maximum Gasteiger partial charge on any atom is 0.261 e. The van der Waals surface area contributed by atoms with E-state index in [0.717, 1.165) is 19.6 Å². The summed E-state index contributed by atoms with van der Waals surface area (Å²) in [4.78, 5) is 13.9. The van der Waals surface area contributed by atoms with Crippen LogP contribution in [-0.2, 0) is 14.9 Å². The number of furan rings is 1. The molecular weight excluding hydrogens is 432 g/mol. The molecule has 4 N–H and O–H groups in total. The average molecular weight is 465 g/mol. The van der Waals surface area contributed by atoms with Crippen LogP contribution >= 0.6 is 0 Å². The number of rotatable bonds is 9. The summed E-state index contributed by atoms with van der Waals surface area (Å²) in [5.74, 6) is 1.10. The molecule has 0 aliphatic carbocycles. The number of hydrogen-bond donors (Lipinski definition) is 2. The van der Waals surface area contributed by atoms with Gasteiger partial charge in [-0.3, -0.25) is 9.35 Å². The lowest BCUT2D eigenvalue weighted by molar-refractivity contribution is -0.114. The summed E-state index contributed by atoms with van der Waals surface area (Å²) in [6, 6.07) is 1.77. The molecule has 12 heteroatoms. The number of fused-ring (bicyclic) bond motifs is 1. The zero-order chi connectivity index (χ0) is 22.9. The Morgan fingerprint density at radius 1 is 1.16 bits per heavy atom. The molecule has 0 saturated heterocycles. The van der Waals surface area contributed by atoms with E-state index in [4.69, 9.17) is 23.2 Å². The van der Waals surface area contributed by atoms with Crippen LogP contribution in [0, 0.1) is 0 Å². The zero-order valence-electron chi connectivity index (χ0n) is 18.6. The van der Waals surface area contributed by atoms with Gasteiger partial charge in [-0.15, -0.1) is 0 Å². The molecule has 0 atom stereocenters. The molecule has 1 amide bonds. The van der Waals surface area contributed by atoms with E-state index >= 15 is 0 Å². The number of nitrogens with one attached hydrogen (secondary N) is 1. The Labute approximate surface area is 182 Å². The van der Waals surface area contributed by atoms with E-state index in [1.54, 1.807) is 26.5 Å². The normalized spacial score (nSPS) is 10.7. The van der Waals surface area contributed by atoms with Crippen molar-refractivity contribution in [2.45, 2.75) is 20.8 Å². The molecule has 0 bridgehead atoms. The van der Waals surface area contributed by atoms with Crippen molar-refractivity contribution in [2.24, 2.45) is 0 Å². The van der Waals surface area contributed by atoms with Crippen molar-refractivity contribution in [3.05, 3.63) is 12.3 Å². The molecule has 0 spiro atoms. The van der Waals surface area contributed by atoms with Gasteiger partial charge in [0, 0.05) is 13.5 Å². The molecule has 1 aromatic carbocycles. The number of methoxy groups -OCH3 is 2. The first kappa shape index (κ1) is 28.5. The number of nitrogens with zero attached hydrogens (tertiary/aromatic N) is 1. The largest absolute Gasteiger partial charge is 0.494 e. The van der Waals surface area contributed by atoms with Crippen LogP contribution in [0.1, 0.15) is 20.8 Å². The summed E-state index contributed by atoms with van der Waals surface area (Å²) >= 11 is 0. The van der Waals surface area contributed by atoms with Crippen molar-refractivity contribution in [1.29, 1.82) is 0 Å². The van der Waals surface area contributed by atoms with E-state index in [0.29, 0.717) is 46.8 Å². The number of amides is 1. The topological polar surface area (TPSA) is 159 Å². The highest BCUT2D eigenvalue weighted by atomic mass is 32.2. The third-order valence-corrected chi connectivity index (χ3v) is 4.03. The Hall–Kier alpha value is -2.54. The molecule has 0 saturated carbocycles. The van der Waals surface area contributed by atoms with Gasteiger partial charge in [-0.1, -0.05) is 13.8 Å². The van der Waals surface area contributed by atoms with Crippen molar-refractivity contribution >= 4 is 32.7 Å². The molecule has 0 aliphatic heterocycles. The summed E-state index contributed by atoms with van der Waals surface area (Å²) < 4.78 is 48.4.